The minimum atomic E-state index is -0.882. The van der Waals surface area contributed by atoms with Crippen molar-refractivity contribution in [1.82, 2.24) is 10.2 Å². The van der Waals surface area contributed by atoms with E-state index in [1.54, 1.807) is 19.9 Å². The maximum atomic E-state index is 12.0. The molecular formula is C11H18N2O3. The molecule has 2 N–H and O–H groups in total. The Morgan fingerprint density at radius 2 is 2.38 bits per heavy atom. The predicted molar refractivity (Wildman–Crippen MR) is 60.0 cm³/mol. The molecule has 0 aromatic heterocycles. The van der Waals surface area contributed by atoms with Crippen molar-refractivity contribution in [3.8, 4) is 0 Å². The first-order chi connectivity index (χ1) is 7.38. The lowest BCUT2D eigenvalue weighted by Crippen LogP contribution is -2.51. The van der Waals surface area contributed by atoms with Crippen molar-refractivity contribution in [1.29, 1.82) is 0 Å². The Hall–Kier alpha value is -1.36. The van der Waals surface area contributed by atoms with Crippen molar-refractivity contribution in [3.05, 3.63) is 12.7 Å². The van der Waals surface area contributed by atoms with Gasteiger partial charge in [-0.3, -0.25) is 9.59 Å². The second kappa shape index (κ2) is 4.65. The number of carboxylic acids is 1. The van der Waals surface area contributed by atoms with Crippen molar-refractivity contribution >= 4 is 11.9 Å². The number of carbonyl (C=O) groups excluding carboxylic acids is 1. The molecule has 5 heteroatoms. The largest absolute Gasteiger partial charge is 0.481 e. The van der Waals surface area contributed by atoms with Crippen LogP contribution in [0, 0.1) is 5.92 Å². The molecule has 0 aliphatic carbocycles. The van der Waals surface area contributed by atoms with Crippen LogP contribution >= 0.6 is 0 Å². The van der Waals surface area contributed by atoms with Crippen LogP contribution in [0.15, 0.2) is 12.7 Å². The number of hydrogen-bond acceptors (Lipinski definition) is 3. The number of amides is 1. The highest BCUT2D eigenvalue weighted by atomic mass is 16.4. The van der Waals surface area contributed by atoms with E-state index < -0.39 is 17.4 Å². The first kappa shape index (κ1) is 12.7. The summed E-state index contributed by atoms with van der Waals surface area (Å²) in [7, 11) is 0. The lowest BCUT2D eigenvalue weighted by Gasteiger charge is -2.28. The quantitative estimate of drug-likeness (QED) is 0.669. The molecule has 0 bridgehead atoms. The molecule has 0 spiro atoms. The van der Waals surface area contributed by atoms with Crippen molar-refractivity contribution in [2.24, 2.45) is 5.92 Å². The fourth-order valence-electron chi connectivity index (χ4n) is 1.74. The molecule has 90 valence electrons. The van der Waals surface area contributed by atoms with Crippen LogP contribution in [0.1, 0.15) is 13.8 Å². The summed E-state index contributed by atoms with van der Waals surface area (Å²) in [4.78, 5) is 24.6. The average Bonchev–Trinajstić information content (AvgIpc) is 2.30. The van der Waals surface area contributed by atoms with Gasteiger partial charge >= 0.3 is 5.97 Å². The molecule has 1 unspecified atom stereocenters. The van der Waals surface area contributed by atoms with Crippen LogP contribution in [-0.4, -0.2) is 47.1 Å². The van der Waals surface area contributed by atoms with Gasteiger partial charge in [-0.15, -0.1) is 6.58 Å². The molecule has 0 aromatic rings. The Balaban J connectivity index is 2.90. The first-order valence-corrected chi connectivity index (χ1v) is 5.26. The number of nitrogens with one attached hydrogen (secondary N) is 1. The summed E-state index contributed by atoms with van der Waals surface area (Å²) in [5, 5.41) is 12.0. The summed E-state index contributed by atoms with van der Waals surface area (Å²) < 4.78 is 0. The van der Waals surface area contributed by atoms with E-state index in [0.29, 0.717) is 13.1 Å². The van der Waals surface area contributed by atoms with Crippen LogP contribution in [0.5, 0.6) is 0 Å². The predicted octanol–water partition coefficient (Wildman–Crippen LogP) is 0.0836. The van der Waals surface area contributed by atoms with Gasteiger partial charge in [0.15, 0.2) is 0 Å². The molecule has 1 aliphatic heterocycles. The number of nitrogens with zero attached hydrogens (tertiary/aromatic N) is 1. The van der Waals surface area contributed by atoms with Crippen molar-refractivity contribution in [2.75, 3.05) is 19.6 Å². The van der Waals surface area contributed by atoms with Gasteiger partial charge in [-0.05, 0) is 13.8 Å². The molecular weight excluding hydrogens is 208 g/mol. The number of carboxylic acid groups (broad SMARTS) is 1. The molecule has 1 saturated heterocycles. The van der Waals surface area contributed by atoms with Crippen molar-refractivity contribution in [3.63, 3.8) is 0 Å². The topological polar surface area (TPSA) is 69.6 Å². The van der Waals surface area contributed by atoms with Crippen molar-refractivity contribution in [2.45, 2.75) is 19.4 Å². The molecule has 0 radical (unpaired) electrons. The minimum Gasteiger partial charge on any atom is -0.481 e. The third kappa shape index (κ3) is 2.61. The fraction of sp³-hybridized carbons (Fsp3) is 0.636. The summed E-state index contributed by atoms with van der Waals surface area (Å²) in [6.45, 7) is 8.02. The molecule has 1 heterocycles. The zero-order chi connectivity index (χ0) is 12.3. The molecule has 1 amide bonds. The number of aliphatic carboxylic acids is 1. The Morgan fingerprint density at radius 1 is 1.75 bits per heavy atom. The lowest BCUT2D eigenvalue weighted by molar-refractivity contribution is -0.142. The highest BCUT2D eigenvalue weighted by Crippen LogP contribution is 2.15. The second-order valence-corrected chi connectivity index (χ2v) is 4.54. The Morgan fingerprint density at radius 3 is 2.88 bits per heavy atom. The molecule has 5 nitrogen and oxygen atoms in total. The van der Waals surface area contributed by atoms with Gasteiger partial charge in [0.2, 0.25) is 5.91 Å². The molecule has 16 heavy (non-hydrogen) atoms. The van der Waals surface area contributed by atoms with E-state index in [4.69, 9.17) is 5.11 Å². The van der Waals surface area contributed by atoms with Crippen LogP contribution < -0.4 is 5.32 Å². The van der Waals surface area contributed by atoms with Crippen LogP contribution in [-0.2, 0) is 9.59 Å². The van der Waals surface area contributed by atoms with E-state index in [1.165, 1.54) is 4.90 Å². The molecule has 1 aliphatic rings. The Bertz CT molecular complexity index is 312. The van der Waals surface area contributed by atoms with Crippen LogP contribution in [0.4, 0.5) is 0 Å². The van der Waals surface area contributed by atoms with Crippen molar-refractivity contribution < 1.29 is 14.7 Å². The highest BCUT2D eigenvalue weighted by Gasteiger charge is 2.37. The molecule has 0 saturated carbocycles. The maximum Gasteiger partial charge on any atom is 0.309 e. The van der Waals surface area contributed by atoms with E-state index in [1.807, 2.05) is 0 Å². The van der Waals surface area contributed by atoms with Gasteiger partial charge < -0.3 is 15.3 Å². The molecule has 1 atom stereocenters. The first-order valence-electron chi connectivity index (χ1n) is 5.26. The smallest absolute Gasteiger partial charge is 0.309 e. The molecule has 1 rings (SSSR count). The van der Waals surface area contributed by atoms with Crippen LogP contribution in [0.2, 0.25) is 0 Å². The SMILES string of the molecule is C=CCN1CC(C(=O)O)CNC(C)(C)C1=O. The van der Waals surface area contributed by atoms with E-state index in [2.05, 4.69) is 11.9 Å². The summed E-state index contributed by atoms with van der Waals surface area (Å²) in [5.74, 6) is -1.53. The highest BCUT2D eigenvalue weighted by molar-refractivity contribution is 5.86. The zero-order valence-corrected chi connectivity index (χ0v) is 9.69. The summed E-state index contributed by atoms with van der Waals surface area (Å²) >= 11 is 0. The molecule has 1 fully saturated rings. The standard InChI is InChI=1S/C11H18N2O3/c1-4-5-13-7-8(9(14)15)6-12-11(2,3)10(13)16/h4,8,12H,1,5-7H2,2-3H3,(H,14,15). The van der Waals surface area contributed by atoms with E-state index in [-0.39, 0.29) is 12.5 Å². The van der Waals surface area contributed by atoms with Gasteiger partial charge in [0.25, 0.3) is 0 Å². The van der Waals surface area contributed by atoms with Gasteiger partial charge in [0.1, 0.15) is 0 Å². The Labute approximate surface area is 95.1 Å². The third-order valence-electron chi connectivity index (χ3n) is 2.75. The van der Waals surface area contributed by atoms with E-state index in [9.17, 15) is 9.59 Å². The summed E-state index contributed by atoms with van der Waals surface area (Å²) in [5.41, 5.74) is -0.715. The summed E-state index contributed by atoms with van der Waals surface area (Å²) in [6, 6.07) is 0. The number of hydrogen-bond donors (Lipinski definition) is 2. The average molecular weight is 226 g/mol. The van der Waals surface area contributed by atoms with Gasteiger partial charge in [0, 0.05) is 19.6 Å². The van der Waals surface area contributed by atoms with E-state index in [0.717, 1.165) is 0 Å². The Kier molecular flexibility index (Phi) is 3.70. The number of carbonyl (C=O) groups is 2. The maximum absolute atomic E-state index is 12.0. The number of rotatable bonds is 3. The zero-order valence-electron chi connectivity index (χ0n) is 9.69. The van der Waals surface area contributed by atoms with Gasteiger partial charge in [-0.25, -0.2) is 0 Å². The fourth-order valence-corrected chi connectivity index (χ4v) is 1.74. The van der Waals surface area contributed by atoms with Crippen LogP contribution in [0.3, 0.4) is 0 Å². The van der Waals surface area contributed by atoms with Gasteiger partial charge in [-0.2, -0.15) is 0 Å². The molecule has 0 aromatic carbocycles. The monoisotopic (exact) mass is 226 g/mol. The van der Waals surface area contributed by atoms with Gasteiger partial charge in [-0.1, -0.05) is 6.08 Å². The van der Waals surface area contributed by atoms with Gasteiger partial charge in [0.05, 0.1) is 11.5 Å². The minimum absolute atomic E-state index is 0.0869. The van der Waals surface area contributed by atoms with E-state index >= 15 is 0 Å². The van der Waals surface area contributed by atoms with Crippen LogP contribution in [0.25, 0.3) is 0 Å². The second-order valence-electron chi connectivity index (χ2n) is 4.54. The lowest BCUT2D eigenvalue weighted by atomic mass is 10.0. The summed E-state index contributed by atoms with van der Waals surface area (Å²) in [6.07, 6.45) is 1.61. The normalized spacial score (nSPS) is 25.0. The third-order valence-corrected chi connectivity index (χ3v) is 2.75.